The molecule has 0 fully saturated rings. The minimum Gasteiger partial charge on any atom is -0.495 e. The van der Waals surface area contributed by atoms with E-state index in [-0.39, 0.29) is 0 Å². The molecule has 0 aliphatic rings. The van der Waals surface area contributed by atoms with Crippen molar-refractivity contribution in [2.75, 3.05) is 24.4 Å². The van der Waals surface area contributed by atoms with Gasteiger partial charge in [0.25, 0.3) is 0 Å². The highest BCUT2D eigenvalue weighted by Gasteiger charge is 2.08. The summed E-state index contributed by atoms with van der Waals surface area (Å²) >= 11 is 6.09. The summed E-state index contributed by atoms with van der Waals surface area (Å²) in [6.07, 6.45) is 1.07. The quantitative estimate of drug-likeness (QED) is 0.849. The molecule has 23 heavy (non-hydrogen) atoms. The van der Waals surface area contributed by atoms with Crippen molar-refractivity contribution in [2.24, 2.45) is 0 Å². The van der Waals surface area contributed by atoms with Crippen LogP contribution in [0.15, 0.2) is 30.5 Å². The lowest BCUT2D eigenvalue weighted by atomic mass is 10.2. The molecule has 0 aliphatic carbocycles. The number of amides is 1. The van der Waals surface area contributed by atoms with E-state index in [4.69, 9.17) is 21.1 Å². The maximum absolute atomic E-state index is 11.3. The Bertz CT molecular complexity index is 690. The molecule has 0 bridgehead atoms. The predicted molar refractivity (Wildman–Crippen MR) is 90.9 cm³/mol. The van der Waals surface area contributed by atoms with Crippen molar-refractivity contribution < 1.29 is 14.3 Å². The number of nitrogens with zero attached hydrogens (tertiary/aromatic N) is 1. The zero-order valence-corrected chi connectivity index (χ0v) is 13.9. The van der Waals surface area contributed by atoms with Crippen molar-refractivity contribution in [3.8, 4) is 5.75 Å². The van der Waals surface area contributed by atoms with Crippen LogP contribution in [-0.2, 0) is 4.74 Å². The number of hydrogen-bond donors (Lipinski definition) is 2. The van der Waals surface area contributed by atoms with Gasteiger partial charge in [0.05, 0.1) is 31.3 Å². The van der Waals surface area contributed by atoms with Gasteiger partial charge in [0.15, 0.2) is 0 Å². The largest absolute Gasteiger partial charge is 0.495 e. The second kappa shape index (κ2) is 7.69. The van der Waals surface area contributed by atoms with Crippen molar-refractivity contribution in [3.05, 3.63) is 41.0 Å². The fraction of sp³-hybridized carbons (Fsp3) is 0.250. The minimum atomic E-state index is -0.532. The summed E-state index contributed by atoms with van der Waals surface area (Å²) in [7, 11) is 1.58. The number of rotatable bonds is 5. The number of methoxy groups -OCH3 is 1. The molecule has 1 amide bonds. The first kappa shape index (κ1) is 16.9. The van der Waals surface area contributed by atoms with Crippen LogP contribution in [0.1, 0.15) is 12.5 Å². The van der Waals surface area contributed by atoms with Crippen LogP contribution in [-0.4, -0.2) is 24.8 Å². The van der Waals surface area contributed by atoms with Gasteiger partial charge in [0.2, 0.25) is 0 Å². The average molecular weight is 336 g/mol. The molecule has 122 valence electrons. The van der Waals surface area contributed by atoms with E-state index in [1.807, 2.05) is 13.0 Å². The molecule has 2 rings (SSSR count). The van der Waals surface area contributed by atoms with Crippen LogP contribution in [0, 0.1) is 6.92 Å². The van der Waals surface area contributed by atoms with Gasteiger partial charge in [0.1, 0.15) is 11.6 Å². The Hall–Kier alpha value is -2.47. The van der Waals surface area contributed by atoms with E-state index in [0.717, 1.165) is 16.9 Å². The van der Waals surface area contributed by atoms with Gasteiger partial charge in [-0.3, -0.25) is 5.32 Å². The minimum absolute atomic E-state index is 0.307. The molecular formula is C16H18ClN3O3. The van der Waals surface area contributed by atoms with Gasteiger partial charge in [-0.2, -0.15) is 0 Å². The SMILES string of the molecule is CCOC(=O)Nc1ccc(Nc2cc(C)c(Cl)cc2OC)cn1. The van der Waals surface area contributed by atoms with E-state index in [9.17, 15) is 4.79 Å². The first-order valence-corrected chi connectivity index (χ1v) is 7.42. The van der Waals surface area contributed by atoms with Gasteiger partial charge in [-0.15, -0.1) is 0 Å². The number of carbonyl (C=O) groups is 1. The third kappa shape index (κ3) is 4.50. The lowest BCUT2D eigenvalue weighted by Gasteiger charge is -2.13. The molecule has 7 heteroatoms. The van der Waals surface area contributed by atoms with Gasteiger partial charge in [-0.1, -0.05) is 11.6 Å². The number of pyridine rings is 1. The van der Waals surface area contributed by atoms with Gasteiger partial charge in [0, 0.05) is 11.1 Å². The maximum atomic E-state index is 11.3. The summed E-state index contributed by atoms with van der Waals surface area (Å²) in [6, 6.07) is 7.11. The van der Waals surface area contributed by atoms with E-state index in [1.54, 1.807) is 38.4 Å². The zero-order chi connectivity index (χ0) is 16.8. The van der Waals surface area contributed by atoms with Crippen molar-refractivity contribution in [3.63, 3.8) is 0 Å². The van der Waals surface area contributed by atoms with Crippen LogP contribution < -0.4 is 15.4 Å². The third-order valence-corrected chi connectivity index (χ3v) is 3.44. The van der Waals surface area contributed by atoms with Crippen LogP contribution in [0.3, 0.4) is 0 Å². The smallest absolute Gasteiger partial charge is 0.412 e. The molecule has 1 heterocycles. The standard InChI is InChI=1S/C16H18ClN3O3/c1-4-23-16(21)20-15-6-5-11(9-18-15)19-13-7-10(2)12(17)8-14(13)22-3/h5-9,19H,4H2,1-3H3,(H,18,20,21). The highest BCUT2D eigenvalue weighted by Crippen LogP contribution is 2.33. The molecule has 0 saturated heterocycles. The Morgan fingerprint density at radius 2 is 2.13 bits per heavy atom. The monoisotopic (exact) mass is 335 g/mol. The number of aryl methyl sites for hydroxylation is 1. The average Bonchev–Trinajstić information content (AvgIpc) is 2.52. The summed E-state index contributed by atoms with van der Waals surface area (Å²) in [5.41, 5.74) is 2.46. The van der Waals surface area contributed by atoms with Crippen molar-refractivity contribution in [2.45, 2.75) is 13.8 Å². The molecule has 1 aromatic heterocycles. The second-order valence-corrected chi connectivity index (χ2v) is 5.11. The molecule has 0 atom stereocenters. The van der Waals surface area contributed by atoms with Crippen molar-refractivity contribution >= 4 is 34.9 Å². The number of nitrogens with one attached hydrogen (secondary N) is 2. The van der Waals surface area contributed by atoms with Crippen LogP contribution in [0.4, 0.5) is 22.0 Å². The van der Waals surface area contributed by atoms with Crippen molar-refractivity contribution in [1.82, 2.24) is 4.98 Å². The highest BCUT2D eigenvalue weighted by atomic mass is 35.5. The summed E-state index contributed by atoms with van der Waals surface area (Å²) in [5.74, 6) is 1.04. The fourth-order valence-electron chi connectivity index (χ4n) is 1.90. The molecule has 1 aromatic carbocycles. The van der Waals surface area contributed by atoms with E-state index in [1.165, 1.54) is 0 Å². The molecule has 0 radical (unpaired) electrons. The Morgan fingerprint density at radius 1 is 1.35 bits per heavy atom. The Balaban J connectivity index is 2.12. The van der Waals surface area contributed by atoms with Crippen LogP contribution in [0.5, 0.6) is 5.75 Å². The van der Waals surface area contributed by atoms with E-state index < -0.39 is 6.09 Å². The van der Waals surface area contributed by atoms with Crippen molar-refractivity contribution in [1.29, 1.82) is 0 Å². The number of anilines is 3. The first-order valence-electron chi connectivity index (χ1n) is 7.04. The molecular weight excluding hydrogens is 318 g/mol. The summed E-state index contributed by atoms with van der Waals surface area (Å²) in [4.78, 5) is 15.5. The van der Waals surface area contributed by atoms with Gasteiger partial charge >= 0.3 is 6.09 Å². The maximum Gasteiger partial charge on any atom is 0.412 e. The molecule has 2 N–H and O–H groups in total. The molecule has 2 aromatic rings. The fourth-order valence-corrected chi connectivity index (χ4v) is 2.05. The lowest BCUT2D eigenvalue weighted by Crippen LogP contribution is -2.14. The van der Waals surface area contributed by atoms with Crippen LogP contribution >= 0.6 is 11.6 Å². The second-order valence-electron chi connectivity index (χ2n) is 4.70. The van der Waals surface area contributed by atoms with E-state index in [0.29, 0.717) is 23.2 Å². The summed E-state index contributed by atoms with van der Waals surface area (Å²) < 4.78 is 10.1. The number of ether oxygens (including phenoxy) is 2. The normalized spacial score (nSPS) is 10.1. The molecule has 0 spiro atoms. The van der Waals surface area contributed by atoms with E-state index in [2.05, 4.69) is 15.6 Å². The predicted octanol–water partition coefficient (Wildman–Crippen LogP) is 4.36. The molecule has 0 unspecified atom stereocenters. The highest BCUT2D eigenvalue weighted by molar-refractivity contribution is 6.31. The number of aromatic nitrogens is 1. The third-order valence-electron chi connectivity index (χ3n) is 3.03. The molecule has 0 saturated carbocycles. The first-order chi connectivity index (χ1) is 11.0. The topological polar surface area (TPSA) is 72.5 Å². The number of carbonyl (C=O) groups excluding carboxylic acids is 1. The number of halogens is 1. The summed E-state index contributed by atoms with van der Waals surface area (Å²) in [5, 5.41) is 6.38. The lowest BCUT2D eigenvalue weighted by molar-refractivity contribution is 0.168. The Kier molecular flexibility index (Phi) is 5.65. The van der Waals surface area contributed by atoms with Gasteiger partial charge < -0.3 is 14.8 Å². The Morgan fingerprint density at radius 3 is 2.74 bits per heavy atom. The zero-order valence-electron chi connectivity index (χ0n) is 13.1. The number of benzene rings is 1. The van der Waals surface area contributed by atoms with E-state index >= 15 is 0 Å². The van der Waals surface area contributed by atoms with Crippen LogP contribution in [0.2, 0.25) is 5.02 Å². The Labute approximate surface area is 139 Å². The molecule has 0 aliphatic heterocycles. The van der Waals surface area contributed by atoms with Crippen LogP contribution in [0.25, 0.3) is 0 Å². The van der Waals surface area contributed by atoms with Gasteiger partial charge in [-0.05, 0) is 37.6 Å². The number of hydrogen-bond acceptors (Lipinski definition) is 5. The summed E-state index contributed by atoms with van der Waals surface area (Å²) in [6.45, 7) is 3.96. The van der Waals surface area contributed by atoms with Gasteiger partial charge in [-0.25, -0.2) is 9.78 Å². The molecule has 6 nitrogen and oxygen atoms in total.